The first-order valence-electron chi connectivity index (χ1n) is 6.05. The number of rotatable bonds is 3. The second-order valence-electron chi connectivity index (χ2n) is 4.36. The predicted octanol–water partition coefficient (Wildman–Crippen LogP) is -0.463. The van der Waals surface area contributed by atoms with Crippen molar-refractivity contribution in [2.45, 2.75) is 0 Å². The fourth-order valence-corrected chi connectivity index (χ4v) is 2.06. The van der Waals surface area contributed by atoms with E-state index in [-0.39, 0.29) is 28.1 Å². The SMILES string of the molecule is COC(=O)c1c(N)c(C#N)cn1-c1ccc(F)cc1B(O)O. The molecule has 7 nitrogen and oxygen atoms in total. The summed E-state index contributed by atoms with van der Waals surface area (Å²) in [5.41, 5.74) is 5.37. The molecule has 0 aliphatic rings. The van der Waals surface area contributed by atoms with Gasteiger partial charge >= 0.3 is 13.1 Å². The number of benzene rings is 1. The standard InChI is InChI=1S/C13H11BFN3O4/c1-22-13(19)12-11(17)7(5-16)6-18(12)10-3-2-8(15)4-9(10)14(20)21/h2-4,6,20-21H,17H2,1H3. The average molecular weight is 303 g/mol. The monoisotopic (exact) mass is 303 g/mol. The number of carbonyl (C=O) groups is 1. The summed E-state index contributed by atoms with van der Waals surface area (Å²) in [5, 5.41) is 27.8. The van der Waals surface area contributed by atoms with E-state index in [0.717, 1.165) is 23.8 Å². The van der Waals surface area contributed by atoms with Gasteiger partial charge in [-0.15, -0.1) is 0 Å². The Morgan fingerprint density at radius 2 is 2.18 bits per heavy atom. The van der Waals surface area contributed by atoms with Crippen molar-refractivity contribution in [2.75, 3.05) is 12.8 Å². The maximum absolute atomic E-state index is 13.3. The van der Waals surface area contributed by atoms with Gasteiger partial charge in [0.1, 0.15) is 11.9 Å². The molecular weight excluding hydrogens is 292 g/mol. The zero-order valence-corrected chi connectivity index (χ0v) is 11.4. The number of methoxy groups -OCH3 is 1. The third-order valence-corrected chi connectivity index (χ3v) is 3.07. The summed E-state index contributed by atoms with van der Waals surface area (Å²) in [5.74, 6) is -1.51. The number of nitrogen functional groups attached to an aromatic ring is 1. The fraction of sp³-hybridized carbons (Fsp3) is 0.0769. The highest BCUT2D eigenvalue weighted by Gasteiger charge is 2.25. The molecule has 0 fully saturated rings. The summed E-state index contributed by atoms with van der Waals surface area (Å²) in [4.78, 5) is 11.9. The molecule has 2 aromatic rings. The quantitative estimate of drug-likeness (QED) is 0.521. The molecule has 0 amide bonds. The van der Waals surface area contributed by atoms with Gasteiger partial charge in [-0.1, -0.05) is 0 Å². The van der Waals surface area contributed by atoms with E-state index in [0.29, 0.717) is 0 Å². The summed E-state index contributed by atoms with van der Waals surface area (Å²) in [6.07, 6.45) is 1.24. The predicted molar refractivity (Wildman–Crippen MR) is 76.0 cm³/mol. The molecule has 0 saturated heterocycles. The largest absolute Gasteiger partial charge is 0.490 e. The molecule has 22 heavy (non-hydrogen) atoms. The highest BCUT2D eigenvalue weighted by atomic mass is 19.1. The fourth-order valence-electron chi connectivity index (χ4n) is 2.06. The van der Waals surface area contributed by atoms with E-state index < -0.39 is 18.9 Å². The van der Waals surface area contributed by atoms with Crippen molar-refractivity contribution in [1.82, 2.24) is 4.57 Å². The maximum atomic E-state index is 13.3. The summed E-state index contributed by atoms with van der Waals surface area (Å²) in [6, 6.07) is 5.03. The molecule has 0 unspecified atom stereocenters. The van der Waals surface area contributed by atoms with Crippen molar-refractivity contribution in [3.8, 4) is 11.8 Å². The normalized spacial score (nSPS) is 10.1. The Hall–Kier alpha value is -2.83. The van der Waals surface area contributed by atoms with Gasteiger partial charge in [0, 0.05) is 17.3 Å². The Labute approximate surface area is 125 Å². The number of nitriles is 1. The Kier molecular flexibility index (Phi) is 4.16. The van der Waals surface area contributed by atoms with E-state index in [9.17, 15) is 19.2 Å². The van der Waals surface area contributed by atoms with Crippen molar-refractivity contribution < 1.29 is 24.0 Å². The lowest BCUT2D eigenvalue weighted by Crippen LogP contribution is -2.34. The number of anilines is 1. The molecule has 0 atom stereocenters. The minimum absolute atomic E-state index is 0.00287. The van der Waals surface area contributed by atoms with Crippen LogP contribution in [0.2, 0.25) is 0 Å². The van der Waals surface area contributed by atoms with Gasteiger partial charge in [-0.05, 0) is 18.2 Å². The lowest BCUT2D eigenvalue weighted by molar-refractivity contribution is 0.0593. The minimum atomic E-state index is -1.98. The van der Waals surface area contributed by atoms with E-state index in [2.05, 4.69) is 4.74 Å². The number of hydrogen-bond donors (Lipinski definition) is 3. The smallest absolute Gasteiger partial charge is 0.464 e. The van der Waals surface area contributed by atoms with Crippen molar-refractivity contribution in [1.29, 1.82) is 5.26 Å². The summed E-state index contributed by atoms with van der Waals surface area (Å²) in [6.45, 7) is 0. The number of halogens is 1. The molecule has 1 aromatic heterocycles. The molecule has 0 bridgehead atoms. The third-order valence-electron chi connectivity index (χ3n) is 3.07. The molecular formula is C13H11BFN3O4. The van der Waals surface area contributed by atoms with Crippen LogP contribution in [0.15, 0.2) is 24.4 Å². The molecule has 0 aliphatic carbocycles. The first-order chi connectivity index (χ1) is 10.4. The number of carbonyl (C=O) groups excluding carboxylic acids is 1. The van der Waals surface area contributed by atoms with Crippen molar-refractivity contribution in [3.05, 3.63) is 41.5 Å². The maximum Gasteiger partial charge on any atom is 0.490 e. The molecule has 0 aliphatic heterocycles. The van der Waals surface area contributed by atoms with Crippen molar-refractivity contribution in [3.63, 3.8) is 0 Å². The number of aromatic nitrogens is 1. The Balaban J connectivity index is 2.78. The number of nitrogens with zero attached hydrogens (tertiary/aromatic N) is 2. The molecule has 0 saturated carbocycles. The van der Waals surface area contributed by atoms with Gasteiger partial charge in [0.15, 0.2) is 5.69 Å². The van der Waals surface area contributed by atoms with Gasteiger partial charge in [0.25, 0.3) is 0 Å². The van der Waals surface area contributed by atoms with Crippen LogP contribution in [0.25, 0.3) is 5.69 Å². The van der Waals surface area contributed by atoms with Crippen LogP contribution in [-0.4, -0.2) is 34.8 Å². The van der Waals surface area contributed by atoms with Gasteiger partial charge in [-0.3, -0.25) is 0 Å². The lowest BCUT2D eigenvalue weighted by Gasteiger charge is -2.13. The molecule has 0 radical (unpaired) electrons. The lowest BCUT2D eigenvalue weighted by atomic mass is 9.79. The Morgan fingerprint density at radius 3 is 2.73 bits per heavy atom. The first kappa shape index (κ1) is 15.6. The summed E-state index contributed by atoms with van der Waals surface area (Å²) in [7, 11) is -0.845. The number of nitrogens with two attached hydrogens (primary N) is 1. The van der Waals surface area contributed by atoms with Crippen LogP contribution in [0.1, 0.15) is 16.1 Å². The van der Waals surface area contributed by atoms with Crippen LogP contribution in [0.5, 0.6) is 0 Å². The molecule has 4 N–H and O–H groups in total. The highest BCUT2D eigenvalue weighted by Crippen LogP contribution is 2.24. The Bertz CT molecular complexity index is 782. The second-order valence-corrected chi connectivity index (χ2v) is 4.36. The van der Waals surface area contributed by atoms with E-state index in [1.807, 2.05) is 6.07 Å². The third kappa shape index (κ3) is 2.53. The van der Waals surface area contributed by atoms with Crippen LogP contribution in [0, 0.1) is 17.1 Å². The van der Waals surface area contributed by atoms with E-state index in [1.54, 1.807) is 0 Å². The van der Waals surface area contributed by atoms with Gasteiger partial charge in [-0.2, -0.15) is 5.26 Å². The zero-order valence-electron chi connectivity index (χ0n) is 11.4. The van der Waals surface area contributed by atoms with Crippen LogP contribution >= 0.6 is 0 Å². The zero-order chi connectivity index (χ0) is 16.4. The molecule has 9 heteroatoms. The van der Waals surface area contributed by atoms with Gasteiger partial charge in [0.05, 0.1) is 18.4 Å². The van der Waals surface area contributed by atoms with E-state index >= 15 is 0 Å². The summed E-state index contributed by atoms with van der Waals surface area (Å²) < 4.78 is 19.1. The van der Waals surface area contributed by atoms with E-state index in [4.69, 9.17) is 11.0 Å². The van der Waals surface area contributed by atoms with E-state index in [1.165, 1.54) is 12.3 Å². The van der Waals surface area contributed by atoms with Crippen molar-refractivity contribution >= 4 is 24.2 Å². The van der Waals surface area contributed by atoms with Gasteiger partial charge in [-0.25, -0.2) is 9.18 Å². The van der Waals surface area contributed by atoms with Crippen LogP contribution in [-0.2, 0) is 4.74 Å². The van der Waals surface area contributed by atoms with Gasteiger partial charge in [0.2, 0.25) is 0 Å². The minimum Gasteiger partial charge on any atom is -0.464 e. The van der Waals surface area contributed by atoms with Crippen LogP contribution in [0.4, 0.5) is 10.1 Å². The van der Waals surface area contributed by atoms with Gasteiger partial charge < -0.3 is 25.1 Å². The highest BCUT2D eigenvalue weighted by molar-refractivity contribution is 6.60. The number of esters is 1. The molecule has 1 aromatic carbocycles. The molecule has 1 heterocycles. The van der Waals surface area contributed by atoms with Crippen LogP contribution < -0.4 is 11.2 Å². The molecule has 112 valence electrons. The first-order valence-corrected chi connectivity index (χ1v) is 6.05. The number of ether oxygens (including phenoxy) is 1. The van der Waals surface area contributed by atoms with Crippen molar-refractivity contribution in [2.24, 2.45) is 0 Å². The average Bonchev–Trinajstić information content (AvgIpc) is 2.83. The topological polar surface area (TPSA) is 122 Å². The summed E-state index contributed by atoms with van der Waals surface area (Å²) >= 11 is 0. The Morgan fingerprint density at radius 1 is 1.50 bits per heavy atom. The second kappa shape index (κ2) is 5.89. The number of hydrogen-bond acceptors (Lipinski definition) is 6. The molecule has 2 rings (SSSR count). The molecule has 0 spiro atoms. The van der Waals surface area contributed by atoms with Crippen LogP contribution in [0.3, 0.4) is 0 Å².